The van der Waals surface area contributed by atoms with Crippen molar-refractivity contribution in [2.24, 2.45) is 0 Å². The van der Waals surface area contributed by atoms with E-state index in [0.29, 0.717) is 6.54 Å². The van der Waals surface area contributed by atoms with E-state index in [0.717, 1.165) is 16.7 Å². The van der Waals surface area contributed by atoms with Crippen LogP contribution in [0.25, 0.3) is 0 Å². The molecule has 3 nitrogen and oxygen atoms in total. The van der Waals surface area contributed by atoms with Crippen LogP contribution >= 0.6 is 0 Å². The lowest BCUT2D eigenvalue weighted by Gasteiger charge is -2.19. The fourth-order valence-electron chi connectivity index (χ4n) is 2.04. The minimum Gasteiger partial charge on any atom is -0.335 e. The van der Waals surface area contributed by atoms with Gasteiger partial charge in [-0.15, -0.1) is 0 Å². The average molecular weight is 233 g/mol. The number of carbonyl (C=O) groups is 2. The summed E-state index contributed by atoms with van der Waals surface area (Å²) in [5.74, 6) is -0.862. The Bertz CT molecular complexity index is 440. The summed E-state index contributed by atoms with van der Waals surface area (Å²) in [6, 6.07) is 4.18. The van der Waals surface area contributed by atoms with Crippen LogP contribution in [-0.4, -0.2) is 23.6 Å². The second-order valence-electron chi connectivity index (χ2n) is 4.59. The lowest BCUT2D eigenvalue weighted by Crippen LogP contribution is -2.31. The number of nitrogens with zero attached hydrogens (tertiary/aromatic N) is 1. The van der Waals surface area contributed by atoms with E-state index in [1.807, 2.05) is 20.8 Å². The number of hydrogen-bond acceptors (Lipinski definition) is 2. The Morgan fingerprint density at radius 1 is 1.12 bits per heavy atom. The number of amides is 1. The van der Waals surface area contributed by atoms with Crippen LogP contribution in [0.3, 0.4) is 0 Å². The van der Waals surface area contributed by atoms with Crippen molar-refractivity contribution < 1.29 is 9.59 Å². The second-order valence-corrected chi connectivity index (χ2v) is 4.59. The average Bonchev–Trinajstić information content (AvgIpc) is 2.21. The van der Waals surface area contributed by atoms with Crippen molar-refractivity contribution in [3.05, 3.63) is 34.4 Å². The quantitative estimate of drug-likeness (QED) is 0.750. The van der Waals surface area contributed by atoms with Gasteiger partial charge < -0.3 is 4.90 Å². The zero-order valence-electron chi connectivity index (χ0n) is 11.1. The van der Waals surface area contributed by atoms with Gasteiger partial charge in [0.2, 0.25) is 5.78 Å². The van der Waals surface area contributed by atoms with Crippen molar-refractivity contribution in [3.63, 3.8) is 0 Å². The van der Waals surface area contributed by atoms with Gasteiger partial charge in [-0.1, -0.05) is 17.7 Å². The molecule has 0 N–H and O–H groups in total. The van der Waals surface area contributed by atoms with Crippen molar-refractivity contribution in [1.82, 2.24) is 4.90 Å². The van der Waals surface area contributed by atoms with Gasteiger partial charge in [0, 0.05) is 20.5 Å². The maximum atomic E-state index is 11.5. The molecule has 1 rings (SSSR count). The van der Waals surface area contributed by atoms with E-state index >= 15 is 0 Å². The molecule has 1 amide bonds. The summed E-state index contributed by atoms with van der Waals surface area (Å²) in [5.41, 5.74) is 4.65. The van der Waals surface area contributed by atoms with E-state index in [1.165, 1.54) is 17.4 Å². The van der Waals surface area contributed by atoms with Crippen LogP contribution in [0, 0.1) is 20.8 Å². The minimum absolute atomic E-state index is 0.421. The first-order valence-corrected chi connectivity index (χ1v) is 5.65. The monoisotopic (exact) mass is 233 g/mol. The first-order valence-electron chi connectivity index (χ1n) is 5.65. The maximum absolute atomic E-state index is 11.5. The Morgan fingerprint density at radius 2 is 1.59 bits per heavy atom. The van der Waals surface area contributed by atoms with Crippen LogP contribution < -0.4 is 0 Å². The molecule has 0 radical (unpaired) electrons. The van der Waals surface area contributed by atoms with Gasteiger partial charge in [-0.2, -0.15) is 0 Å². The number of aryl methyl sites for hydroxylation is 3. The van der Waals surface area contributed by atoms with E-state index < -0.39 is 11.7 Å². The maximum Gasteiger partial charge on any atom is 0.289 e. The largest absolute Gasteiger partial charge is 0.335 e. The number of Topliss-reactive ketones (excluding diaryl/α,β-unsaturated/α-hetero) is 1. The van der Waals surface area contributed by atoms with Crippen molar-refractivity contribution in [2.75, 3.05) is 7.05 Å². The molecule has 0 atom stereocenters. The molecule has 0 aromatic heterocycles. The highest BCUT2D eigenvalue weighted by Gasteiger charge is 2.15. The molecule has 0 bridgehead atoms. The Kier molecular flexibility index (Phi) is 4.05. The highest BCUT2D eigenvalue weighted by Crippen LogP contribution is 2.17. The molecule has 0 spiro atoms. The molecule has 1 aromatic carbocycles. The van der Waals surface area contributed by atoms with Crippen LogP contribution in [0.1, 0.15) is 29.2 Å². The number of ketones is 1. The topological polar surface area (TPSA) is 37.4 Å². The van der Waals surface area contributed by atoms with Crippen LogP contribution in [0.5, 0.6) is 0 Å². The standard InChI is InChI=1S/C14H19NO2/c1-9-6-10(2)13(11(3)7-9)8-15(5)14(17)12(4)16/h6-7H,8H2,1-5H3. The lowest BCUT2D eigenvalue weighted by molar-refractivity contribution is -0.143. The zero-order chi connectivity index (χ0) is 13.2. The molecule has 0 saturated carbocycles. The predicted octanol–water partition coefficient (Wildman–Crippen LogP) is 2.16. The third-order valence-electron chi connectivity index (χ3n) is 2.88. The van der Waals surface area contributed by atoms with Crippen molar-refractivity contribution in [2.45, 2.75) is 34.2 Å². The number of hydrogen-bond donors (Lipinski definition) is 0. The van der Waals surface area contributed by atoms with Crippen molar-refractivity contribution in [3.8, 4) is 0 Å². The zero-order valence-corrected chi connectivity index (χ0v) is 11.1. The van der Waals surface area contributed by atoms with Gasteiger partial charge in [0.05, 0.1) is 0 Å². The van der Waals surface area contributed by atoms with Gasteiger partial charge in [0.25, 0.3) is 5.91 Å². The van der Waals surface area contributed by atoms with Crippen LogP contribution in [0.4, 0.5) is 0 Å². The molecular formula is C14H19NO2. The summed E-state index contributed by atoms with van der Waals surface area (Å²) in [4.78, 5) is 24.0. The molecule has 0 unspecified atom stereocenters. The first kappa shape index (κ1) is 13.4. The molecule has 0 saturated heterocycles. The van der Waals surface area contributed by atoms with Gasteiger partial charge in [0.1, 0.15) is 0 Å². The van der Waals surface area contributed by atoms with E-state index in [1.54, 1.807) is 7.05 Å². The van der Waals surface area contributed by atoms with Crippen molar-refractivity contribution >= 4 is 11.7 Å². The normalized spacial score (nSPS) is 10.2. The smallest absolute Gasteiger partial charge is 0.289 e. The van der Waals surface area contributed by atoms with Crippen LogP contribution in [0.15, 0.2) is 12.1 Å². The van der Waals surface area contributed by atoms with Crippen LogP contribution in [0.2, 0.25) is 0 Å². The van der Waals surface area contributed by atoms with E-state index in [-0.39, 0.29) is 0 Å². The van der Waals surface area contributed by atoms with Gasteiger partial charge in [0.15, 0.2) is 0 Å². The Balaban J connectivity index is 2.96. The third-order valence-corrected chi connectivity index (χ3v) is 2.88. The molecule has 0 aliphatic heterocycles. The van der Waals surface area contributed by atoms with Crippen molar-refractivity contribution in [1.29, 1.82) is 0 Å². The highest BCUT2D eigenvalue weighted by molar-refractivity contribution is 6.34. The van der Waals surface area contributed by atoms with Gasteiger partial charge in [-0.25, -0.2) is 0 Å². The second kappa shape index (κ2) is 5.13. The van der Waals surface area contributed by atoms with Gasteiger partial charge >= 0.3 is 0 Å². The molecule has 0 aliphatic carbocycles. The van der Waals surface area contributed by atoms with E-state index in [9.17, 15) is 9.59 Å². The number of benzene rings is 1. The van der Waals surface area contributed by atoms with Gasteiger partial charge in [-0.3, -0.25) is 9.59 Å². The summed E-state index contributed by atoms with van der Waals surface area (Å²) in [7, 11) is 1.66. The first-order chi connectivity index (χ1) is 7.82. The molecule has 92 valence electrons. The molecule has 0 aliphatic rings. The summed E-state index contributed by atoms with van der Waals surface area (Å²) in [6.45, 7) is 7.89. The molecule has 1 aromatic rings. The fraction of sp³-hybridized carbons (Fsp3) is 0.429. The molecule has 3 heteroatoms. The fourth-order valence-corrected chi connectivity index (χ4v) is 2.04. The molecule has 17 heavy (non-hydrogen) atoms. The number of carbonyl (C=O) groups excluding carboxylic acids is 2. The van der Waals surface area contributed by atoms with E-state index in [4.69, 9.17) is 0 Å². The summed E-state index contributed by atoms with van der Waals surface area (Å²) in [6.07, 6.45) is 0. The SMILES string of the molecule is CC(=O)C(=O)N(C)Cc1c(C)cc(C)cc1C. The van der Waals surface area contributed by atoms with Crippen LogP contribution in [-0.2, 0) is 16.1 Å². The van der Waals surface area contributed by atoms with Gasteiger partial charge in [-0.05, 0) is 37.5 Å². The summed E-state index contributed by atoms with van der Waals surface area (Å²) in [5, 5.41) is 0. The summed E-state index contributed by atoms with van der Waals surface area (Å²) < 4.78 is 0. The Labute approximate surface area is 102 Å². The molecule has 0 heterocycles. The third kappa shape index (κ3) is 3.16. The number of rotatable bonds is 3. The van der Waals surface area contributed by atoms with E-state index in [2.05, 4.69) is 12.1 Å². The Morgan fingerprint density at radius 3 is 2.00 bits per heavy atom. The summed E-state index contributed by atoms with van der Waals surface area (Å²) >= 11 is 0. The number of likely N-dealkylation sites (N-methyl/N-ethyl adjacent to an activating group) is 1. The molecule has 0 fully saturated rings. The lowest BCUT2D eigenvalue weighted by atomic mass is 9.99. The minimum atomic E-state index is -0.440. The highest BCUT2D eigenvalue weighted by atomic mass is 16.2. The molecular weight excluding hydrogens is 214 g/mol. The Hall–Kier alpha value is -1.64. The predicted molar refractivity (Wildman–Crippen MR) is 67.8 cm³/mol.